The molecule has 0 saturated carbocycles. The van der Waals surface area contributed by atoms with Crippen molar-refractivity contribution >= 4 is 23.6 Å². The number of aromatic nitrogens is 1. The molecule has 0 spiro atoms. The summed E-state index contributed by atoms with van der Waals surface area (Å²) < 4.78 is 19.6. The molecule has 1 aromatic rings. The van der Waals surface area contributed by atoms with E-state index in [4.69, 9.17) is 16.3 Å². The first-order chi connectivity index (χ1) is 11.1. The lowest BCUT2D eigenvalue weighted by atomic mass is 10.0. The van der Waals surface area contributed by atoms with Crippen molar-refractivity contribution in [1.29, 1.82) is 0 Å². The topological polar surface area (TPSA) is 74.4 Å². The quantitative estimate of drug-likeness (QED) is 0.852. The first-order valence-electron chi connectivity index (χ1n) is 7.85. The van der Waals surface area contributed by atoms with Gasteiger partial charge in [-0.1, -0.05) is 11.6 Å². The molecule has 2 heterocycles. The summed E-state index contributed by atoms with van der Waals surface area (Å²) in [6.45, 7) is 7.25. The van der Waals surface area contributed by atoms with Crippen LogP contribution in [-0.4, -0.2) is 52.8 Å². The normalized spacial score (nSPS) is 21.5. The zero-order chi connectivity index (χ0) is 18.1. The molecule has 1 aromatic heterocycles. The van der Waals surface area contributed by atoms with Crippen molar-refractivity contribution in [2.24, 2.45) is 0 Å². The molecule has 2 rings (SSSR count). The average molecular weight is 360 g/mol. The number of alkyl halides is 1. The van der Waals surface area contributed by atoms with Crippen LogP contribution in [0.4, 0.5) is 9.18 Å². The lowest BCUT2D eigenvalue weighted by Crippen LogP contribution is -2.54. The Hall–Kier alpha value is -1.76. The molecule has 0 radical (unpaired) electrons. The first kappa shape index (κ1) is 18.6. The second-order valence-corrected chi connectivity index (χ2v) is 7.39. The summed E-state index contributed by atoms with van der Waals surface area (Å²) in [6.07, 6.45) is -1.60. The third-order valence-corrected chi connectivity index (χ3v) is 3.94. The van der Waals surface area contributed by atoms with Crippen molar-refractivity contribution in [3.63, 3.8) is 0 Å². The molecular weight excluding hydrogens is 337 g/mol. The fourth-order valence-corrected chi connectivity index (χ4v) is 2.82. The Labute approximate surface area is 145 Å². The molecule has 0 bridgehead atoms. The predicted molar refractivity (Wildman–Crippen MR) is 89.1 cm³/mol. The van der Waals surface area contributed by atoms with Crippen molar-refractivity contribution < 1.29 is 18.7 Å². The summed E-state index contributed by atoms with van der Waals surface area (Å²) >= 11 is 5.96. The van der Waals surface area contributed by atoms with Gasteiger partial charge in [0.1, 0.15) is 17.5 Å². The van der Waals surface area contributed by atoms with Gasteiger partial charge in [-0.2, -0.15) is 0 Å². The van der Waals surface area contributed by atoms with Crippen LogP contribution in [0, 0.1) is 6.92 Å². The largest absolute Gasteiger partial charge is 0.444 e. The molecular formula is C16H23ClFN3O3. The van der Waals surface area contributed by atoms with Crippen LogP contribution >= 0.6 is 11.6 Å². The highest BCUT2D eigenvalue weighted by atomic mass is 35.5. The number of aryl methyl sites for hydroxylation is 1. The van der Waals surface area contributed by atoms with E-state index in [0.29, 0.717) is 18.0 Å². The summed E-state index contributed by atoms with van der Waals surface area (Å²) in [5, 5.41) is 2.94. The number of carbonyl (C=O) groups excluding carboxylic acids is 2. The zero-order valence-corrected chi connectivity index (χ0v) is 15.0. The van der Waals surface area contributed by atoms with Crippen LogP contribution in [0.5, 0.6) is 0 Å². The van der Waals surface area contributed by atoms with E-state index in [1.165, 1.54) is 4.90 Å². The van der Waals surface area contributed by atoms with Gasteiger partial charge in [0.2, 0.25) is 0 Å². The molecule has 8 heteroatoms. The SMILES string of the molecule is Cc1cc(Cl)c(C(=O)N[C@@H]2CCN(C(=O)OC(C)(C)C)C[C@@H]2F)[nH]1. The number of aromatic amines is 1. The maximum Gasteiger partial charge on any atom is 0.410 e. The number of nitrogens with one attached hydrogen (secondary N) is 2. The number of H-pyrrole nitrogens is 1. The van der Waals surface area contributed by atoms with E-state index < -0.39 is 29.8 Å². The molecule has 24 heavy (non-hydrogen) atoms. The Balaban J connectivity index is 1.93. The van der Waals surface area contributed by atoms with E-state index >= 15 is 0 Å². The molecule has 2 amide bonds. The summed E-state index contributed by atoms with van der Waals surface area (Å²) in [4.78, 5) is 28.4. The molecule has 2 atom stereocenters. The Morgan fingerprint density at radius 3 is 2.62 bits per heavy atom. The van der Waals surface area contributed by atoms with Crippen molar-refractivity contribution in [3.8, 4) is 0 Å². The van der Waals surface area contributed by atoms with Crippen molar-refractivity contribution in [3.05, 3.63) is 22.5 Å². The van der Waals surface area contributed by atoms with Gasteiger partial charge < -0.3 is 19.9 Å². The van der Waals surface area contributed by atoms with Crippen LogP contribution in [0.1, 0.15) is 43.4 Å². The second kappa shape index (κ2) is 7.01. The highest BCUT2D eigenvalue weighted by Gasteiger charge is 2.34. The van der Waals surface area contributed by atoms with Gasteiger partial charge in [0, 0.05) is 12.2 Å². The number of halogens is 2. The van der Waals surface area contributed by atoms with Gasteiger partial charge in [-0.25, -0.2) is 9.18 Å². The Morgan fingerprint density at radius 1 is 1.46 bits per heavy atom. The van der Waals surface area contributed by atoms with Gasteiger partial charge in [0.05, 0.1) is 17.6 Å². The molecule has 1 fully saturated rings. The lowest BCUT2D eigenvalue weighted by Gasteiger charge is -2.35. The number of piperidine rings is 1. The van der Waals surface area contributed by atoms with Crippen LogP contribution in [0.25, 0.3) is 0 Å². The molecule has 134 valence electrons. The summed E-state index contributed by atoms with van der Waals surface area (Å²) in [5.74, 6) is -0.452. The molecule has 0 unspecified atom stereocenters. The Bertz CT molecular complexity index is 627. The van der Waals surface area contributed by atoms with Gasteiger partial charge in [-0.3, -0.25) is 4.79 Å². The number of rotatable bonds is 2. The summed E-state index contributed by atoms with van der Waals surface area (Å²) in [5.41, 5.74) is 0.341. The summed E-state index contributed by atoms with van der Waals surface area (Å²) in [7, 11) is 0. The fraction of sp³-hybridized carbons (Fsp3) is 0.625. The van der Waals surface area contributed by atoms with Gasteiger partial charge >= 0.3 is 6.09 Å². The van der Waals surface area contributed by atoms with Crippen molar-refractivity contribution in [1.82, 2.24) is 15.2 Å². The number of amides is 2. The van der Waals surface area contributed by atoms with Gasteiger partial charge in [0.25, 0.3) is 5.91 Å². The van der Waals surface area contributed by atoms with E-state index in [1.807, 2.05) is 0 Å². The number of nitrogens with zero attached hydrogens (tertiary/aromatic N) is 1. The third kappa shape index (κ3) is 4.63. The first-order valence-corrected chi connectivity index (χ1v) is 8.22. The maximum absolute atomic E-state index is 14.4. The Morgan fingerprint density at radius 2 is 2.12 bits per heavy atom. The standard InChI is InChI=1S/C16H23ClFN3O3/c1-9-7-10(17)13(19-9)14(22)20-12-5-6-21(8-11(12)18)15(23)24-16(2,3)4/h7,11-12,19H,5-6,8H2,1-4H3,(H,20,22)/t11-,12+/m0/s1. The lowest BCUT2D eigenvalue weighted by molar-refractivity contribution is 0.00971. The van der Waals surface area contributed by atoms with Gasteiger partial charge in [-0.15, -0.1) is 0 Å². The van der Waals surface area contributed by atoms with Crippen molar-refractivity contribution in [2.45, 2.75) is 51.9 Å². The minimum absolute atomic E-state index is 0.114. The van der Waals surface area contributed by atoms with E-state index in [2.05, 4.69) is 10.3 Å². The predicted octanol–water partition coefficient (Wildman–Crippen LogP) is 3.05. The van der Waals surface area contributed by atoms with E-state index in [0.717, 1.165) is 5.69 Å². The molecule has 1 aliphatic rings. The van der Waals surface area contributed by atoms with E-state index in [1.54, 1.807) is 33.8 Å². The number of carbonyl (C=O) groups is 2. The fourth-order valence-electron chi connectivity index (χ4n) is 2.52. The van der Waals surface area contributed by atoms with Crippen LogP contribution in [0.3, 0.4) is 0 Å². The van der Waals surface area contributed by atoms with Crippen molar-refractivity contribution in [2.75, 3.05) is 13.1 Å². The zero-order valence-electron chi connectivity index (χ0n) is 14.3. The molecule has 1 aliphatic heterocycles. The monoisotopic (exact) mass is 359 g/mol. The van der Waals surface area contributed by atoms with Crippen LogP contribution in [-0.2, 0) is 4.74 Å². The minimum Gasteiger partial charge on any atom is -0.444 e. The van der Waals surface area contributed by atoms with Crippen LogP contribution in [0.2, 0.25) is 5.02 Å². The molecule has 0 aliphatic carbocycles. The van der Waals surface area contributed by atoms with Gasteiger partial charge in [0.15, 0.2) is 0 Å². The second-order valence-electron chi connectivity index (χ2n) is 6.99. The number of hydrogen-bond acceptors (Lipinski definition) is 3. The molecule has 2 N–H and O–H groups in total. The van der Waals surface area contributed by atoms with E-state index in [-0.39, 0.29) is 12.2 Å². The number of hydrogen-bond donors (Lipinski definition) is 2. The smallest absolute Gasteiger partial charge is 0.410 e. The molecule has 1 saturated heterocycles. The Kier molecular flexibility index (Phi) is 5.42. The highest BCUT2D eigenvalue weighted by molar-refractivity contribution is 6.33. The number of ether oxygens (including phenoxy) is 1. The van der Waals surface area contributed by atoms with Gasteiger partial charge in [-0.05, 0) is 40.2 Å². The molecule has 6 nitrogen and oxygen atoms in total. The molecule has 0 aromatic carbocycles. The third-order valence-electron chi connectivity index (χ3n) is 3.64. The van der Waals surface area contributed by atoms with Crippen LogP contribution < -0.4 is 5.32 Å². The summed E-state index contributed by atoms with van der Waals surface area (Å²) in [6, 6.07) is 0.963. The maximum atomic E-state index is 14.4. The average Bonchev–Trinajstić information content (AvgIpc) is 2.78. The number of likely N-dealkylation sites (tertiary alicyclic amines) is 1. The van der Waals surface area contributed by atoms with E-state index in [9.17, 15) is 14.0 Å². The highest BCUT2D eigenvalue weighted by Crippen LogP contribution is 2.20. The minimum atomic E-state index is -1.37. The van der Waals surface area contributed by atoms with Crippen LogP contribution in [0.15, 0.2) is 6.07 Å².